The fourth-order valence-electron chi connectivity index (χ4n) is 2.96. The van der Waals surface area contributed by atoms with Gasteiger partial charge in [0.1, 0.15) is 5.52 Å². The van der Waals surface area contributed by atoms with Crippen molar-refractivity contribution in [2.45, 2.75) is 39.0 Å². The molecule has 4 rings (SSSR count). The Morgan fingerprint density at radius 3 is 2.71 bits per heavy atom. The topological polar surface area (TPSA) is 74.1 Å². The second-order valence-corrected chi connectivity index (χ2v) is 7.33. The molecular formula is C17H23N7. The highest BCUT2D eigenvalue weighted by molar-refractivity contribution is 5.73. The molecule has 0 radical (unpaired) electrons. The van der Waals surface area contributed by atoms with Gasteiger partial charge in [-0.05, 0) is 25.0 Å². The Morgan fingerprint density at radius 1 is 1.21 bits per heavy atom. The molecule has 1 fully saturated rings. The summed E-state index contributed by atoms with van der Waals surface area (Å²) in [7, 11) is 0. The molecule has 3 aromatic heterocycles. The van der Waals surface area contributed by atoms with Crippen LogP contribution in [0.3, 0.4) is 0 Å². The molecule has 1 saturated heterocycles. The van der Waals surface area contributed by atoms with Gasteiger partial charge < -0.3 is 10.2 Å². The number of nitrogens with one attached hydrogen (secondary N) is 2. The van der Waals surface area contributed by atoms with E-state index < -0.39 is 0 Å². The minimum absolute atomic E-state index is 0.0314. The van der Waals surface area contributed by atoms with Crippen molar-refractivity contribution in [2.24, 2.45) is 0 Å². The van der Waals surface area contributed by atoms with E-state index in [-0.39, 0.29) is 5.41 Å². The lowest BCUT2D eigenvalue weighted by Crippen LogP contribution is -2.22. The first kappa shape index (κ1) is 15.0. The van der Waals surface area contributed by atoms with Crippen molar-refractivity contribution in [3.63, 3.8) is 0 Å². The molecule has 126 valence electrons. The van der Waals surface area contributed by atoms with Crippen LogP contribution < -0.4 is 10.2 Å². The summed E-state index contributed by atoms with van der Waals surface area (Å²) >= 11 is 0. The van der Waals surface area contributed by atoms with Crippen LogP contribution in [-0.2, 0) is 5.41 Å². The summed E-state index contributed by atoms with van der Waals surface area (Å²) in [4.78, 5) is 6.98. The van der Waals surface area contributed by atoms with Crippen LogP contribution in [0.25, 0.3) is 5.52 Å². The third kappa shape index (κ3) is 2.70. The van der Waals surface area contributed by atoms with E-state index in [0.29, 0.717) is 0 Å². The Bertz CT molecular complexity index is 849. The van der Waals surface area contributed by atoms with Crippen molar-refractivity contribution in [2.75, 3.05) is 23.3 Å². The molecule has 0 aliphatic carbocycles. The van der Waals surface area contributed by atoms with E-state index >= 15 is 0 Å². The minimum atomic E-state index is 0.0314. The predicted molar refractivity (Wildman–Crippen MR) is 95.0 cm³/mol. The van der Waals surface area contributed by atoms with E-state index in [0.717, 1.165) is 41.9 Å². The second kappa shape index (κ2) is 5.51. The second-order valence-electron chi connectivity index (χ2n) is 7.33. The van der Waals surface area contributed by atoms with Gasteiger partial charge in [0.25, 0.3) is 0 Å². The predicted octanol–water partition coefficient (Wildman–Crippen LogP) is 3.09. The first-order chi connectivity index (χ1) is 11.5. The summed E-state index contributed by atoms with van der Waals surface area (Å²) in [6, 6.07) is 6.03. The van der Waals surface area contributed by atoms with Crippen LogP contribution in [0.4, 0.5) is 17.6 Å². The van der Waals surface area contributed by atoms with E-state index in [2.05, 4.69) is 46.3 Å². The molecule has 4 heterocycles. The van der Waals surface area contributed by atoms with Crippen LogP contribution in [0.2, 0.25) is 0 Å². The summed E-state index contributed by atoms with van der Waals surface area (Å²) in [6.45, 7) is 8.51. The highest BCUT2D eigenvalue weighted by Crippen LogP contribution is 2.26. The summed E-state index contributed by atoms with van der Waals surface area (Å²) in [5.74, 6) is 2.32. The summed E-state index contributed by atoms with van der Waals surface area (Å²) < 4.78 is 1.88. The first-order valence-corrected chi connectivity index (χ1v) is 8.44. The molecule has 0 amide bonds. The zero-order chi connectivity index (χ0) is 16.7. The maximum absolute atomic E-state index is 4.75. The normalized spacial score (nSPS) is 15.4. The third-order valence-electron chi connectivity index (χ3n) is 4.40. The number of aromatic nitrogens is 5. The van der Waals surface area contributed by atoms with Crippen molar-refractivity contribution in [3.05, 3.63) is 30.1 Å². The smallest absolute Gasteiger partial charge is 0.245 e. The van der Waals surface area contributed by atoms with Gasteiger partial charge in [0.2, 0.25) is 5.95 Å². The number of hydrogen-bond donors (Lipinski definition) is 2. The standard InChI is InChI=1S/C17H23N7/c1-17(2,3)13-11-14(21-20-13)18-15-12-7-6-10-24(12)22-16(19-15)23-8-4-5-9-23/h6-7,10-11H,4-5,8-9H2,1-3H3,(H2,18,19,20,21,22). The molecule has 2 N–H and O–H groups in total. The number of H-pyrrole nitrogens is 1. The lowest BCUT2D eigenvalue weighted by atomic mass is 9.92. The Kier molecular flexibility index (Phi) is 3.44. The number of hydrogen-bond acceptors (Lipinski definition) is 5. The average Bonchev–Trinajstić information content (AvgIpc) is 3.27. The van der Waals surface area contributed by atoms with Crippen LogP contribution in [0.15, 0.2) is 24.4 Å². The SMILES string of the molecule is CC(C)(C)c1cc(Nc2nc(N3CCCC3)nn3cccc23)n[nH]1. The average molecular weight is 325 g/mol. The number of anilines is 3. The largest absolute Gasteiger partial charge is 0.340 e. The van der Waals surface area contributed by atoms with E-state index in [1.165, 1.54) is 12.8 Å². The molecule has 0 spiro atoms. The lowest BCUT2D eigenvalue weighted by Gasteiger charge is -2.16. The van der Waals surface area contributed by atoms with Gasteiger partial charge in [0.05, 0.1) is 0 Å². The fourth-order valence-corrected chi connectivity index (χ4v) is 2.96. The van der Waals surface area contributed by atoms with E-state index in [4.69, 9.17) is 4.98 Å². The van der Waals surface area contributed by atoms with Gasteiger partial charge in [-0.3, -0.25) is 5.10 Å². The van der Waals surface area contributed by atoms with Crippen molar-refractivity contribution in [1.82, 2.24) is 24.8 Å². The Labute approximate surface area is 141 Å². The maximum Gasteiger partial charge on any atom is 0.245 e. The zero-order valence-electron chi connectivity index (χ0n) is 14.4. The van der Waals surface area contributed by atoms with Crippen LogP contribution in [0.5, 0.6) is 0 Å². The molecular weight excluding hydrogens is 302 g/mol. The molecule has 0 saturated carbocycles. The molecule has 1 aliphatic heterocycles. The summed E-state index contributed by atoms with van der Waals surface area (Å²) in [5, 5.41) is 15.5. The quantitative estimate of drug-likeness (QED) is 0.774. The molecule has 24 heavy (non-hydrogen) atoms. The van der Waals surface area contributed by atoms with Crippen molar-refractivity contribution in [1.29, 1.82) is 0 Å². The fraction of sp³-hybridized carbons (Fsp3) is 0.471. The third-order valence-corrected chi connectivity index (χ3v) is 4.40. The van der Waals surface area contributed by atoms with Gasteiger partial charge in [-0.25, -0.2) is 4.52 Å². The molecule has 0 atom stereocenters. The van der Waals surface area contributed by atoms with Gasteiger partial charge in [-0.2, -0.15) is 10.1 Å². The van der Waals surface area contributed by atoms with E-state index in [1.807, 2.05) is 28.9 Å². The van der Waals surface area contributed by atoms with Crippen molar-refractivity contribution in [3.8, 4) is 0 Å². The number of rotatable bonds is 3. The van der Waals surface area contributed by atoms with Crippen LogP contribution in [0, 0.1) is 0 Å². The molecule has 1 aliphatic rings. The summed E-state index contributed by atoms with van der Waals surface area (Å²) in [6.07, 6.45) is 4.35. The van der Waals surface area contributed by atoms with E-state index in [1.54, 1.807) is 0 Å². The van der Waals surface area contributed by atoms with E-state index in [9.17, 15) is 0 Å². The van der Waals surface area contributed by atoms with Gasteiger partial charge in [0, 0.05) is 36.5 Å². The number of fused-ring (bicyclic) bond motifs is 1. The zero-order valence-corrected chi connectivity index (χ0v) is 14.4. The maximum atomic E-state index is 4.75. The Hall–Kier alpha value is -2.57. The monoisotopic (exact) mass is 325 g/mol. The van der Waals surface area contributed by atoms with Gasteiger partial charge in [0.15, 0.2) is 11.6 Å². The molecule has 0 aromatic carbocycles. The molecule has 3 aromatic rings. The Balaban J connectivity index is 1.70. The van der Waals surface area contributed by atoms with Gasteiger partial charge in [-0.15, -0.1) is 5.10 Å². The van der Waals surface area contributed by atoms with Crippen molar-refractivity contribution >= 4 is 23.1 Å². The molecule has 7 heteroatoms. The summed E-state index contributed by atoms with van der Waals surface area (Å²) in [5.41, 5.74) is 2.06. The van der Waals surface area contributed by atoms with Crippen LogP contribution >= 0.6 is 0 Å². The number of aromatic amines is 1. The van der Waals surface area contributed by atoms with Gasteiger partial charge >= 0.3 is 0 Å². The molecule has 7 nitrogen and oxygen atoms in total. The molecule has 0 unspecified atom stereocenters. The highest BCUT2D eigenvalue weighted by atomic mass is 15.4. The van der Waals surface area contributed by atoms with Crippen LogP contribution in [-0.4, -0.2) is 37.9 Å². The minimum Gasteiger partial charge on any atom is -0.340 e. The number of nitrogens with zero attached hydrogens (tertiary/aromatic N) is 5. The van der Waals surface area contributed by atoms with Crippen LogP contribution in [0.1, 0.15) is 39.3 Å². The van der Waals surface area contributed by atoms with Gasteiger partial charge in [-0.1, -0.05) is 20.8 Å². The lowest BCUT2D eigenvalue weighted by molar-refractivity contribution is 0.567. The Morgan fingerprint density at radius 2 is 2.00 bits per heavy atom. The first-order valence-electron chi connectivity index (χ1n) is 8.44. The molecule has 0 bridgehead atoms. The highest BCUT2D eigenvalue weighted by Gasteiger charge is 2.19. The van der Waals surface area contributed by atoms with Crippen molar-refractivity contribution < 1.29 is 0 Å².